The Morgan fingerprint density at radius 2 is 1.92 bits per heavy atom. The predicted molar refractivity (Wildman–Crippen MR) is 90.1 cm³/mol. The van der Waals surface area contributed by atoms with Crippen LogP contribution in [0.3, 0.4) is 0 Å². The number of urea groups is 1. The molecule has 1 aliphatic rings. The van der Waals surface area contributed by atoms with Crippen molar-refractivity contribution in [3.8, 4) is 5.75 Å². The molecular weight excluding hydrogens is 308 g/mol. The quantitative estimate of drug-likeness (QED) is 0.900. The van der Waals surface area contributed by atoms with E-state index in [2.05, 4.69) is 15.6 Å². The number of ether oxygens (including phenoxy) is 1. The summed E-state index contributed by atoms with van der Waals surface area (Å²) in [4.78, 5) is 29.8. The number of benzene rings is 1. The van der Waals surface area contributed by atoms with Gasteiger partial charge in [0, 0.05) is 36.7 Å². The van der Waals surface area contributed by atoms with E-state index in [0.717, 1.165) is 11.4 Å². The molecule has 1 aromatic heterocycles. The highest BCUT2D eigenvalue weighted by atomic mass is 16.5. The lowest BCUT2D eigenvalue weighted by Crippen LogP contribution is -2.39. The third-order valence-corrected chi connectivity index (χ3v) is 3.78. The van der Waals surface area contributed by atoms with Gasteiger partial charge in [0.1, 0.15) is 5.75 Å². The predicted octanol–water partition coefficient (Wildman–Crippen LogP) is 2.02. The van der Waals surface area contributed by atoms with Gasteiger partial charge in [-0.3, -0.25) is 9.78 Å². The van der Waals surface area contributed by atoms with E-state index in [9.17, 15) is 9.59 Å². The minimum absolute atomic E-state index is 0.0191. The number of amides is 3. The first-order valence-electron chi connectivity index (χ1n) is 7.57. The fourth-order valence-corrected chi connectivity index (χ4v) is 2.60. The highest BCUT2D eigenvalue weighted by Crippen LogP contribution is 2.24. The molecule has 2 N–H and O–H groups in total. The van der Waals surface area contributed by atoms with Crippen molar-refractivity contribution in [3.63, 3.8) is 0 Å². The van der Waals surface area contributed by atoms with Crippen molar-refractivity contribution in [1.29, 1.82) is 0 Å². The Kier molecular flexibility index (Phi) is 4.60. The maximum Gasteiger partial charge on any atom is 0.319 e. The molecule has 3 amide bonds. The molecule has 7 nitrogen and oxygen atoms in total. The van der Waals surface area contributed by atoms with Gasteiger partial charge in [-0.05, 0) is 36.4 Å². The van der Waals surface area contributed by atoms with E-state index in [1.54, 1.807) is 48.7 Å². The van der Waals surface area contributed by atoms with Crippen LogP contribution in [0, 0.1) is 0 Å². The smallest absolute Gasteiger partial charge is 0.319 e. The molecule has 2 heterocycles. The first kappa shape index (κ1) is 15.8. The fourth-order valence-electron chi connectivity index (χ4n) is 2.60. The van der Waals surface area contributed by atoms with Gasteiger partial charge in [-0.25, -0.2) is 4.79 Å². The van der Waals surface area contributed by atoms with Crippen LogP contribution >= 0.6 is 0 Å². The van der Waals surface area contributed by atoms with E-state index in [4.69, 9.17) is 4.74 Å². The third kappa shape index (κ3) is 3.62. The molecule has 1 aromatic carbocycles. The van der Waals surface area contributed by atoms with E-state index < -0.39 is 0 Å². The second kappa shape index (κ2) is 6.99. The molecule has 0 spiro atoms. The van der Waals surface area contributed by atoms with Gasteiger partial charge in [0.15, 0.2) is 0 Å². The van der Waals surface area contributed by atoms with Gasteiger partial charge >= 0.3 is 6.03 Å². The number of nitrogens with one attached hydrogen (secondary N) is 2. The summed E-state index contributed by atoms with van der Waals surface area (Å²) in [6.45, 7) is 0.439. The van der Waals surface area contributed by atoms with Gasteiger partial charge in [0.05, 0.1) is 13.2 Å². The largest absolute Gasteiger partial charge is 0.497 e. The SMILES string of the molecule is COc1ccc(N2CC(NC(=O)Nc3ccncc3)CC2=O)cc1. The van der Waals surface area contributed by atoms with E-state index in [0.29, 0.717) is 12.2 Å². The van der Waals surface area contributed by atoms with Crippen LogP contribution in [-0.4, -0.2) is 36.6 Å². The van der Waals surface area contributed by atoms with E-state index in [1.165, 1.54) is 0 Å². The normalized spacial score (nSPS) is 16.8. The highest BCUT2D eigenvalue weighted by molar-refractivity contribution is 5.97. The first-order valence-corrected chi connectivity index (χ1v) is 7.57. The van der Waals surface area contributed by atoms with Crippen LogP contribution in [0.15, 0.2) is 48.8 Å². The van der Waals surface area contributed by atoms with Crippen molar-refractivity contribution in [2.75, 3.05) is 23.9 Å². The summed E-state index contributed by atoms with van der Waals surface area (Å²) in [6, 6.07) is 10.1. The number of rotatable bonds is 4. The molecule has 1 aliphatic heterocycles. The number of methoxy groups -OCH3 is 1. The summed E-state index contributed by atoms with van der Waals surface area (Å²) in [5.41, 5.74) is 1.44. The summed E-state index contributed by atoms with van der Waals surface area (Å²) in [6.07, 6.45) is 3.47. The topological polar surface area (TPSA) is 83.6 Å². The molecule has 1 unspecified atom stereocenters. The number of nitrogens with zero attached hydrogens (tertiary/aromatic N) is 2. The van der Waals surface area contributed by atoms with Gasteiger partial charge in [-0.15, -0.1) is 0 Å². The zero-order chi connectivity index (χ0) is 16.9. The van der Waals surface area contributed by atoms with Gasteiger partial charge < -0.3 is 20.3 Å². The number of carbonyl (C=O) groups excluding carboxylic acids is 2. The molecule has 124 valence electrons. The minimum Gasteiger partial charge on any atom is -0.497 e. The van der Waals surface area contributed by atoms with Crippen LogP contribution in [0.25, 0.3) is 0 Å². The Morgan fingerprint density at radius 3 is 2.58 bits per heavy atom. The number of hydrogen-bond donors (Lipinski definition) is 2. The number of carbonyl (C=O) groups is 2. The van der Waals surface area contributed by atoms with E-state index in [-0.39, 0.29) is 24.4 Å². The van der Waals surface area contributed by atoms with Gasteiger partial charge in [0.25, 0.3) is 0 Å². The number of anilines is 2. The van der Waals surface area contributed by atoms with Crippen LogP contribution in [0.5, 0.6) is 5.75 Å². The van der Waals surface area contributed by atoms with Crippen molar-refractivity contribution < 1.29 is 14.3 Å². The number of aromatic nitrogens is 1. The number of hydrogen-bond acceptors (Lipinski definition) is 4. The molecule has 0 saturated carbocycles. The van der Waals surface area contributed by atoms with Crippen molar-refractivity contribution >= 4 is 23.3 Å². The van der Waals surface area contributed by atoms with Gasteiger partial charge in [-0.2, -0.15) is 0 Å². The molecule has 1 fully saturated rings. The Morgan fingerprint density at radius 1 is 1.21 bits per heavy atom. The van der Waals surface area contributed by atoms with Crippen LogP contribution in [0.4, 0.5) is 16.2 Å². The van der Waals surface area contributed by atoms with Crippen LogP contribution in [-0.2, 0) is 4.79 Å². The molecule has 0 radical (unpaired) electrons. The Labute approximate surface area is 139 Å². The van der Waals surface area contributed by atoms with Crippen molar-refractivity contribution in [2.24, 2.45) is 0 Å². The van der Waals surface area contributed by atoms with E-state index in [1.807, 2.05) is 12.1 Å². The molecule has 1 saturated heterocycles. The number of pyridine rings is 1. The average molecular weight is 326 g/mol. The summed E-state index contributed by atoms with van der Waals surface area (Å²) in [5.74, 6) is 0.714. The molecular formula is C17H18N4O3. The second-order valence-corrected chi connectivity index (χ2v) is 5.44. The maximum absolute atomic E-state index is 12.2. The van der Waals surface area contributed by atoms with Crippen molar-refractivity contribution in [1.82, 2.24) is 10.3 Å². The summed E-state index contributed by atoms with van der Waals surface area (Å²) >= 11 is 0. The second-order valence-electron chi connectivity index (χ2n) is 5.44. The highest BCUT2D eigenvalue weighted by Gasteiger charge is 2.31. The maximum atomic E-state index is 12.2. The molecule has 7 heteroatoms. The zero-order valence-corrected chi connectivity index (χ0v) is 13.2. The zero-order valence-electron chi connectivity index (χ0n) is 13.2. The summed E-state index contributed by atoms with van der Waals surface area (Å²) in [5, 5.41) is 5.54. The third-order valence-electron chi connectivity index (χ3n) is 3.78. The fraction of sp³-hybridized carbons (Fsp3) is 0.235. The first-order chi connectivity index (χ1) is 11.7. The lowest BCUT2D eigenvalue weighted by molar-refractivity contribution is -0.117. The molecule has 24 heavy (non-hydrogen) atoms. The van der Waals surface area contributed by atoms with Gasteiger partial charge in [0.2, 0.25) is 5.91 Å². The average Bonchev–Trinajstić information content (AvgIpc) is 2.96. The summed E-state index contributed by atoms with van der Waals surface area (Å²) in [7, 11) is 1.59. The standard InChI is InChI=1S/C17H18N4O3/c1-24-15-4-2-14(3-5-15)21-11-13(10-16(21)22)20-17(23)19-12-6-8-18-9-7-12/h2-9,13H,10-11H2,1H3,(H2,18,19,20,23). The Bertz CT molecular complexity index is 718. The Hall–Kier alpha value is -3.09. The van der Waals surface area contributed by atoms with Crippen LogP contribution in [0.2, 0.25) is 0 Å². The molecule has 3 rings (SSSR count). The van der Waals surface area contributed by atoms with E-state index >= 15 is 0 Å². The van der Waals surface area contributed by atoms with Crippen molar-refractivity contribution in [3.05, 3.63) is 48.8 Å². The van der Waals surface area contributed by atoms with Crippen molar-refractivity contribution in [2.45, 2.75) is 12.5 Å². The monoisotopic (exact) mass is 326 g/mol. The molecule has 0 aliphatic carbocycles. The minimum atomic E-state index is -0.337. The molecule has 0 bridgehead atoms. The van der Waals surface area contributed by atoms with Crippen LogP contribution in [0.1, 0.15) is 6.42 Å². The lowest BCUT2D eigenvalue weighted by atomic mass is 10.2. The molecule has 1 atom stereocenters. The van der Waals surface area contributed by atoms with Crippen LogP contribution < -0.4 is 20.3 Å². The Balaban J connectivity index is 1.59. The molecule has 2 aromatic rings. The van der Waals surface area contributed by atoms with Gasteiger partial charge in [-0.1, -0.05) is 0 Å². The summed E-state index contributed by atoms with van der Waals surface area (Å²) < 4.78 is 5.12. The lowest BCUT2D eigenvalue weighted by Gasteiger charge is -2.17.